The van der Waals surface area contributed by atoms with Crippen molar-refractivity contribution in [3.05, 3.63) is 23.8 Å². The number of hydrogen-bond donors (Lipinski definition) is 1. The van der Waals surface area contributed by atoms with Gasteiger partial charge in [-0.3, -0.25) is 4.79 Å². The van der Waals surface area contributed by atoms with Crippen LogP contribution < -0.4 is 10.2 Å². The highest BCUT2D eigenvalue weighted by atomic mass is 32.2. The first kappa shape index (κ1) is 24.5. The van der Waals surface area contributed by atoms with E-state index < -0.39 is 16.0 Å². The van der Waals surface area contributed by atoms with Crippen LogP contribution >= 0.6 is 0 Å². The number of sulfonamides is 1. The molecule has 0 atom stereocenters. The lowest BCUT2D eigenvalue weighted by molar-refractivity contribution is -0.124. The molecule has 32 heavy (non-hydrogen) atoms. The minimum absolute atomic E-state index is 0.141. The van der Waals surface area contributed by atoms with Crippen molar-refractivity contribution < 1.29 is 22.7 Å². The SMILES string of the molecule is CCCCNC(=O)COC(=O)c1ccc(N2CCCCC2)c(S(=O)(=O)N2CCCCC2)c1. The van der Waals surface area contributed by atoms with Crippen LogP contribution in [0.3, 0.4) is 0 Å². The number of ether oxygens (including phenoxy) is 1. The highest BCUT2D eigenvalue weighted by molar-refractivity contribution is 7.89. The van der Waals surface area contributed by atoms with E-state index in [0.29, 0.717) is 25.3 Å². The number of unbranched alkanes of at least 4 members (excludes halogenated alkanes) is 1. The minimum atomic E-state index is -3.74. The lowest BCUT2D eigenvalue weighted by atomic mass is 10.1. The molecule has 2 saturated heterocycles. The largest absolute Gasteiger partial charge is 0.452 e. The second-order valence-electron chi connectivity index (χ2n) is 8.47. The molecule has 2 aliphatic rings. The fourth-order valence-electron chi connectivity index (χ4n) is 4.16. The Morgan fingerprint density at radius 2 is 1.66 bits per heavy atom. The molecule has 3 rings (SSSR count). The van der Waals surface area contributed by atoms with E-state index in [1.807, 2.05) is 6.92 Å². The van der Waals surface area contributed by atoms with Gasteiger partial charge >= 0.3 is 5.97 Å². The fraction of sp³-hybridized carbons (Fsp3) is 0.652. The normalized spacial score (nSPS) is 17.7. The maximum Gasteiger partial charge on any atom is 0.338 e. The standard InChI is InChI=1S/C23H35N3O5S/c1-2-3-12-24-22(27)18-31-23(28)19-10-11-20(25-13-6-4-7-14-25)21(17-19)32(29,30)26-15-8-5-9-16-26/h10-11,17H,2-9,12-16,18H2,1H3,(H,24,27). The molecule has 1 aromatic rings. The van der Waals surface area contributed by atoms with E-state index in [2.05, 4.69) is 10.2 Å². The Morgan fingerprint density at radius 1 is 1.00 bits per heavy atom. The predicted molar refractivity (Wildman–Crippen MR) is 123 cm³/mol. The third-order valence-corrected chi connectivity index (χ3v) is 7.94. The molecule has 0 saturated carbocycles. The molecule has 0 spiro atoms. The van der Waals surface area contributed by atoms with Crippen LogP contribution in [0.15, 0.2) is 23.1 Å². The zero-order valence-corrected chi connectivity index (χ0v) is 19.8. The van der Waals surface area contributed by atoms with Gasteiger partial charge in [0.2, 0.25) is 10.0 Å². The van der Waals surface area contributed by atoms with Gasteiger partial charge in [0.05, 0.1) is 11.3 Å². The number of piperidine rings is 2. The molecule has 1 aromatic carbocycles. The molecule has 8 nitrogen and oxygen atoms in total. The summed E-state index contributed by atoms with van der Waals surface area (Å²) in [6, 6.07) is 4.72. The van der Waals surface area contributed by atoms with Crippen LogP contribution in [0.5, 0.6) is 0 Å². The van der Waals surface area contributed by atoms with Gasteiger partial charge in [0.15, 0.2) is 6.61 Å². The van der Waals surface area contributed by atoms with E-state index in [1.165, 1.54) is 10.4 Å². The summed E-state index contributed by atoms with van der Waals surface area (Å²) in [5, 5.41) is 2.70. The molecule has 1 amide bonds. The highest BCUT2D eigenvalue weighted by Gasteiger charge is 2.31. The van der Waals surface area contributed by atoms with Crippen LogP contribution in [-0.2, 0) is 19.6 Å². The number of hydrogen-bond acceptors (Lipinski definition) is 6. The van der Waals surface area contributed by atoms with E-state index in [0.717, 1.165) is 64.5 Å². The van der Waals surface area contributed by atoms with Crippen molar-refractivity contribution >= 4 is 27.6 Å². The molecule has 2 aliphatic heterocycles. The number of rotatable bonds is 9. The number of benzene rings is 1. The third kappa shape index (κ3) is 6.22. The van der Waals surface area contributed by atoms with Crippen LogP contribution in [-0.4, -0.2) is 63.9 Å². The molecular weight excluding hydrogens is 430 g/mol. The number of nitrogens with one attached hydrogen (secondary N) is 1. The van der Waals surface area contributed by atoms with Crippen molar-refractivity contribution in [2.75, 3.05) is 44.2 Å². The van der Waals surface area contributed by atoms with E-state index in [4.69, 9.17) is 4.74 Å². The first-order chi connectivity index (χ1) is 15.4. The summed E-state index contributed by atoms with van der Waals surface area (Å²) in [7, 11) is -3.74. The molecule has 0 bridgehead atoms. The van der Waals surface area contributed by atoms with Crippen LogP contribution in [0.2, 0.25) is 0 Å². The van der Waals surface area contributed by atoms with Gasteiger partial charge < -0.3 is 15.0 Å². The smallest absolute Gasteiger partial charge is 0.338 e. The summed E-state index contributed by atoms with van der Waals surface area (Å²) in [6.45, 7) is 4.76. The lowest BCUT2D eigenvalue weighted by Crippen LogP contribution is -2.37. The average molecular weight is 466 g/mol. The predicted octanol–water partition coefficient (Wildman–Crippen LogP) is 2.92. The Balaban J connectivity index is 1.81. The summed E-state index contributed by atoms with van der Waals surface area (Å²) in [5.41, 5.74) is 0.784. The van der Waals surface area contributed by atoms with Crippen LogP contribution in [0.1, 0.15) is 68.6 Å². The van der Waals surface area contributed by atoms with Gasteiger partial charge in [-0.1, -0.05) is 19.8 Å². The summed E-state index contributed by atoms with van der Waals surface area (Å²) in [4.78, 5) is 26.7. The van der Waals surface area contributed by atoms with Gasteiger partial charge in [-0.2, -0.15) is 4.31 Å². The number of anilines is 1. The molecule has 1 N–H and O–H groups in total. The fourth-order valence-corrected chi connectivity index (χ4v) is 5.91. The quantitative estimate of drug-likeness (QED) is 0.445. The van der Waals surface area contributed by atoms with E-state index in [-0.39, 0.29) is 23.0 Å². The van der Waals surface area contributed by atoms with Crippen molar-refractivity contribution in [1.82, 2.24) is 9.62 Å². The summed E-state index contributed by atoms with van der Waals surface area (Å²) >= 11 is 0. The van der Waals surface area contributed by atoms with Gasteiger partial charge in [-0.15, -0.1) is 0 Å². The second kappa shape index (κ2) is 11.7. The molecular formula is C23H35N3O5S. The summed E-state index contributed by atoms with van der Waals surface area (Å²) in [5.74, 6) is -1.06. The molecule has 0 aliphatic carbocycles. The lowest BCUT2D eigenvalue weighted by Gasteiger charge is -2.33. The number of nitrogens with zero attached hydrogens (tertiary/aromatic N) is 2. The molecule has 2 fully saturated rings. The van der Waals surface area contributed by atoms with Gasteiger partial charge in [-0.25, -0.2) is 13.2 Å². The van der Waals surface area contributed by atoms with Crippen molar-refractivity contribution in [3.63, 3.8) is 0 Å². The summed E-state index contributed by atoms with van der Waals surface area (Å²) < 4.78 is 33.7. The highest BCUT2D eigenvalue weighted by Crippen LogP contribution is 2.32. The van der Waals surface area contributed by atoms with Gasteiger partial charge in [-0.05, 0) is 56.7 Å². The molecule has 178 valence electrons. The first-order valence-corrected chi connectivity index (χ1v) is 13.2. The molecule has 0 unspecified atom stereocenters. The number of esters is 1. The average Bonchev–Trinajstić information content (AvgIpc) is 2.83. The van der Waals surface area contributed by atoms with E-state index in [1.54, 1.807) is 12.1 Å². The van der Waals surface area contributed by atoms with Crippen molar-refractivity contribution in [1.29, 1.82) is 0 Å². The Labute approximate surface area is 191 Å². The maximum atomic E-state index is 13.5. The number of carbonyl (C=O) groups excluding carboxylic acids is 2. The van der Waals surface area contributed by atoms with Crippen molar-refractivity contribution in [2.45, 2.75) is 63.2 Å². The Morgan fingerprint density at radius 3 is 2.31 bits per heavy atom. The number of amides is 1. The zero-order valence-electron chi connectivity index (χ0n) is 19.0. The van der Waals surface area contributed by atoms with Crippen LogP contribution in [0.25, 0.3) is 0 Å². The first-order valence-electron chi connectivity index (χ1n) is 11.8. The Hall–Kier alpha value is -2.13. The Kier molecular flexibility index (Phi) is 8.92. The maximum absolute atomic E-state index is 13.5. The monoisotopic (exact) mass is 465 g/mol. The van der Waals surface area contributed by atoms with E-state index >= 15 is 0 Å². The minimum Gasteiger partial charge on any atom is -0.452 e. The van der Waals surface area contributed by atoms with Crippen LogP contribution in [0.4, 0.5) is 5.69 Å². The Bertz CT molecular complexity index is 891. The third-order valence-electron chi connectivity index (χ3n) is 6.01. The molecule has 0 aromatic heterocycles. The zero-order chi connectivity index (χ0) is 23.0. The van der Waals surface area contributed by atoms with Crippen LogP contribution in [0, 0.1) is 0 Å². The van der Waals surface area contributed by atoms with Gasteiger partial charge in [0.25, 0.3) is 5.91 Å². The van der Waals surface area contributed by atoms with Gasteiger partial charge in [0, 0.05) is 32.7 Å². The molecule has 0 radical (unpaired) electrons. The number of carbonyl (C=O) groups is 2. The molecule has 9 heteroatoms. The second-order valence-corrected chi connectivity index (χ2v) is 10.4. The summed E-state index contributed by atoms with van der Waals surface area (Å²) in [6.07, 6.45) is 7.68. The van der Waals surface area contributed by atoms with Crippen molar-refractivity contribution in [2.24, 2.45) is 0 Å². The van der Waals surface area contributed by atoms with E-state index in [9.17, 15) is 18.0 Å². The van der Waals surface area contributed by atoms with Crippen molar-refractivity contribution in [3.8, 4) is 0 Å². The molecule has 2 heterocycles. The van der Waals surface area contributed by atoms with Gasteiger partial charge in [0.1, 0.15) is 4.90 Å². The topological polar surface area (TPSA) is 96.0 Å².